The van der Waals surface area contributed by atoms with E-state index in [0.29, 0.717) is 28.8 Å². The molecule has 0 heterocycles. The molecule has 2 aromatic carbocycles. The van der Waals surface area contributed by atoms with Gasteiger partial charge in [0.1, 0.15) is 0 Å². The molecule has 0 aliphatic rings. The molecule has 0 atom stereocenters. The summed E-state index contributed by atoms with van der Waals surface area (Å²) in [6.07, 6.45) is 3.29. The Labute approximate surface area is 180 Å². The van der Waals surface area contributed by atoms with Crippen molar-refractivity contribution < 1.29 is 9.59 Å². The smallest absolute Gasteiger partial charge is 0.251 e. The van der Waals surface area contributed by atoms with Crippen molar-refractivity contribution in [3.63, 3.8) is 0 Å². The van der Waals surface area contributed by atoms with E-state index in [9.17, 15) is 9.59 Å². The molecule has 0 saturated heterocycles. The van der Waals surface area contributed by atoms with E-state index in [-0.39, 0.29) is 25.0 Å². The van der Waals surface area contributed by atoms with Crippen molar-refractivity contribution in [2.45, 2.75) is 47.5 Å². The minimum atomic E-state index is -0.0689. The van der Waals surface area contributed by atoms with Crippen LogP contribution in [0.25, 0.3) is 0 Å². The third-order valence-corrected chi connectivity index (χ3v) is 4.16. The summed E-state index contributed by atoms with van der Waals surface area (Å²) in [6, 6.07) is 17.4. The molecule has 0 aliphatic carbocycles. The second-order valence-electron chi connectivity index (χ2n) is 6.86. The highest BCUT2D eigenvalue weighted by molar-refractivity contribution is 5.97. The van der Waals surface area contributed by atoms with Gasteiger partial charge in [-0.2, -0.15) is 10.5 Å². The summed E-state index contributed by atoms with van der Waals surface area (Å²) < 4.78 is 0. The van der Waals surface area contributed by atoms with Crippen LogP contribution >= 0.6 is 0 Å². The lowest BCUT2D eigenvalue weighted by atomic mass is 10.0. The Kier molecular flexibility index (Phi) is 12.9. The number of hydrogen-bond acceptors (Lipinski definition) is 4. The maximum Gasteiger partial charge on any atom is 0.251 e. The van der Waals surface area contributed by atoms with Crippen molar-refractivity contribution >= 4 is 11.7 Å². The Balaban J connectivity index is 0.000000553. The average Bonchev–Trinajstić information content (AvgIpc) is 2.76. The molecule has 5 heteroatoms. The SMILES string of the molecule is C.CC(C)C(=O)c1ccc(C#N)cc1.CCCCCNC(=O)c1ccc(C#N)cc1. The number of carbonyl (C=O) groups is 2. The van der Waals surface area contributed by atoms with Crippen LogP contribution in [0.4, 0.5) is 0 Å². The van der Waals surface area contributed by atoms with E-state index in [1.54, 1.807) is 48.5 Å². The fraction of sp³-hybridized carbons (Fsp3) is 0.360. The van der Waals surface area contributed by atoms with Gasteiger partial charge in [0.15, 0.2) is 5.78 Å². The molecule has 0 bridgehead atoms. The number of rotatable bonds is 7. The number of amides is 1. The molecule has 0 aliphatic heterocycles. The number of benzene rings is 2. The zero-order valence-corrected chi connectivity index (χ0v) is 17.2. The average molecular weight is 406 g/mol. The number of Topliss-reactive ketones (excluding diaryl/α,β-unsaturated/α-hetero) is 1. The largest absolute Gasteiger partial charge is 0.352 e. The van der Waals surface area contributed by atoms with Gasteiger partial charge in [0.25, 0.3) is 5.91 Å². The Morgan fingerprint density at radius 2 is 1.33 bits per heavy atom. The quantitative estimate of drug-likeness (QED) is 0.485. The van der Waals surface area contributed by atoms with Gasteiger partial charge in [0.05, 0.1) is 23.3 Å². The van der Waals surface area contributed by atoms with Gasteiger partial charge in [0.2, 0.25) is 0 Å². The fourth-order valence-corrected chi connectivity index (χ4v) is 2.42. The van der Waals surface area contributed by atoms with Gasteiger partial charge >= 0.3 is 0 Å². The van der Waals surface area contributed by atoms with Crippen molar-refractivity contribution in [2.75, 3.05) is 6.54 Å². The number of nitrogens with one attached hydrogen (secondary N) is 1. The second-order valence-corrected chi connectivity index (χ2v) is 6.86. The van der Waals surface area contributed by atoms with E-state index in [4.69, 9.17) is 10.5 Å². The first-order valence-corrected chi connectivity index (χ1v) is 9.75. The highest BCUT2D eigenvalue weighted by atomic mass is 16.1. The number of hydrogen-bond donors (Lipinski definition) is 1. The topological polar surface area (TPSA) is 93.8 Å². The van der Waals surface area contributed by atoms with Crippen LogP contribution in [0.5, 0.6) is 0 Å². The van der Waals surface area contributed by atoms with E-state index in [0.717, 1.165) is 19.3 Å². The maximum absolute atomic E-state index is 11.6. The van der Waals surface area contributed by atoms with Crippen LogP contribution in [0.1, 0.15) is 79.3 Å². The van der Waals surface area contributed by atoms with Crippen molar-refractivity contribution in [1.29, 1.82) is 10.5 Å². The molecule has 0 radical (unpaired) electrons. The molecule has 0 aromatic heterocycles. The number of carbonyl (C=O) groups excluding carboxylic acids is 2. The van der Waals surface area contributed by atoms with Crippen LogP contribution in [-0.4, -0.2) is 18.2 Å². The van der Waals surface area contributed by atoms with Crippen LogP contribution in [0.15, 0.2) is 48.5 Å². The third kappa shape index (κ3) is 9.17. The first-order chi connectivity index (χ1) is 13.9. The molecule has 1 amide bonds. The molecular weight excluding hydrogens is 374 g/mol. The molecule has 0 saturated carbocycles. The maximum atomic E-state index is 11.6. The summed E-state index contributed by atoms with van der Waals surface area (Å²) in [5.41, 5.74) is 2.44. The predicted octanol–water partition coefficient (Wildman–Crippen LogP) is 5.51. The summed E-state index contributed by atoms with van der Waals surface area (Å²) >= 11 is 0. The summed E-state index contributed by atoms with van der Waals surface area (Å²) in [6.45, 7) is 6.57. The summed E-state index contributed by atoms with van der Waals surface area (Å²) in [7, 11) is 0. The third-order valence-electron chi connectivity index (χ3n) is 4.16. The number of nitrogens with zero attached hydrogens (tertiary/aromatic N) is 2. The lowest BCUT2D eigenvalue weighted by Crippen LogP contribution is -2.24. The second kappa shape index (κ2) is 14.5. The zero-order chi connectivity index (χ0) is 21.6. The summed E-state index contributed by atoms with van der Waals surface area (Å²) in [5, 5.41) is 20.0. The van der Waals surface area contributed by atoms with Gasteiger partial charge in [-0.25, -0.2) is 0 Å². The van der Waals surface area contributed by atoms with E-state index < -0.39 is 0 Å². The molecule has 0 unspecified atom stereocenters. The van der Waals surface area contributed by atoms with E-state index in [1.165, 1.54) is 0 Å². The van der Waals surface area contributed by atoms with Gasteiger partial charge in [-0.1, -0.05) is 53.2 Å². The standard InChI is InChI=1S/C13H16N2O.C11H11NO.CH4/c1-2-3-4-9-15-13(16)12-7-5-11(10-14)6-8-12;1-8(2)11(13)10-5-3-9(7-12)4-6-10;/h5-8H,2-4,9H2,1H3,(H,15,16);3-6,8H,1-2H3;1H4. The molecule has 0 spiro atoms. The highest BCUT2D eigenvalue weighted by Gasteiger charge is 2.09. The van der Waals surface area contributed by atoms with Crippen LogP contribution in [0, 0.1) is 28.6 Å². The lowest BCUT2D eigenvalue weighted by Gasteiger charge is -2.04. The number of nitriles is 2. The first-order valence-electron chi connectivity index (χ1n) is 9.75. The minimum Gasteiger partial charge on any atom is -0.352 e. The van der Waals surface area contributed by atoms with E-state index in [1.807, 2.05) is 26.0 Å². The molecule has 158 valence electrons. The van der Waals surface area contributed by atoms with Gasteiger partial charge in [-0.3, -0.25) is 9.59 Å². The van der Waals surface area contributed by atoms with Crippen molar-refractivity contribution in [1.82, 2.24) is 5.32 Å². The molecule has 30 heavy (non-hydrogen) atoms. The molecule has 2 aromatic rings. The molecule has 5 nitrogen and oxygen atoms in total. The molecular formula is C25H31N3O2. The Morgan fingerprint density at radius 1 is 0.867 bits per heavy atom. The number of unbranched alkanes of at least 4 members (excludes halogenated alkanes) is 2. The highest BCUT2D eigenvalue weighted by Crippen LogP contribution is 2.09. The van der Waals surface area contributed by atoms with E-state index in [2.05, 4.69) is 12.2 Å². The van der Waals surface area contributed by atoms with Gasteiger partial charge in [-0.15, -0.1) is 0 Å². The predicted molar refractivity (Wildman–Crippen MR) is 120 cm³/mol. The van der Waals surface area contributed by atoms with Crippen LogP contribution in [-0.2, 0) is 0 Å². The minimum absolute atomic E-state index is 0. The fourth-order valence-electron chi connectivity index (χ4n) is 2.42. The Morgan fingerprint density at radius 3 is 1.73 bits per heavy atom. The van der Waals surface area contributed by atoms with E-state index >= 15 is 0 Å². The lowest BCUT2D eigenvalue weighted by molar-refractivity contribution is 0.0936. The summed E-state index contributed by atoms with van der Waals surface area (Å²) in [4.78, 5) is 23.1. The normalized spacial score (nSPS) is 9.27. The zero-order valence-electron chi connectivity index (χ0n) is 17.2. The molecule has 1 N–H and O–H groups in total. The van der Waals surface area contributed by atoms with Gasteiger partial charge in [0, 0.05) is 23.6 Å². The summed E-state index contributed by atoms with van der Waals surface area (Å²) in [5.74, 6) is 0.0537. The van der Waals surface area contributed by atoms with Crippen LogP contribution < -0.4 is 5.32 Å². The monoisotopic (exact) mass is 405 g/mol. The number of ketones is 1. The van der Waals surface area contributed by atoms with Gasteiger partial charge < -0.3 is 5.32 Å². The van der Waals surface area contributed by atoms with Crippen molar-refractivity contribution in [3.05, 3.63) is 70.8 Å². The molecule has 2 rings (SSSR count). The first kappa shape index (κ1) is 26.6. The Bertz CT molecular complexity index is 871. The Hall–Kier alpha value is -3.44. The van der Waals surface area contributed by atoms with Crippen LogP contribution in [0.2, 0.25) is 0 Å². The van der Waals surface area contributed by atoms with Crippen LogP contribution in [0.3, 0.4) is 0 Å². The van der Waals surface area contributed by atoms with Gasteiger partial charge in [-0.05, 0) is 42.8 Å². The van der Waals surface area contributed by atoms with Crippen molar-refractivity contribution in [3.8, 4) is 12.1 Å². The van der Waals surface area contributed by atoms with Crippen molar-refractivity contribution in [2.24, 2.45) is 5.92 Å². The molecule has 0 fully saturated rings.